The van der Waals surface area contributed by atoms with Crippen molar-refractivity contribution in [2.24, 2.45) is 0 Å². The van der Waals surface area contributed by atoms with Crippen LogP contribution in [0.25, 0.3) is 0 Å². The van der Waals surface area contributed by atoms with Gasteiger partial charge in [-0.2, -0.15) is 0 Å². The summed E-state index contributed by atoms with van der Waals surface area (Å²) in [4.78, 5) is 10.2. The Kier molecular flexibility index (Phi) is 3.08. The van der Waals surface area contributed by atoms with Gasteiger partial charge < -0.3 is 9.90 Å². The van der Waals surface area contributed by atoms with Crippen molar-refractivity contribution in [2.75, 3.05) is 5.73 Å². The number of aliphatic carboxylic acids is 1. The van der Waals surface area contributed by atoms with Crippen LogP contribution in [0.3, 0.4) is 0 Å². The molecule has 1 rings (SSSR count). The maximum absolute atomic E-state index is 10.2. The van der Waals surface area contributed by atoms with E-state index in [4.69, 9.17) is 17.3 Å². The lowest BCUT2D eigenvalue weighted by molar-refractivity contribution is -0.682. The SMILES string of the molecule is Nc1ccc(Cl)c[n+]1CCC(=O)[O-]. The van der Waals surface area contributed by atoms with E-state index in [9.17, 15) is 9.90 Å². The number of nitrogens with zero attached hydrogens (tertiary/aromatic N) is 1. The van der Waals surface area contributed by atoms with Gasteiger partial charge in [0.1, 0.15) is 6.20 Å². The fourth-order valence-corrected chi connectivity index (χ4v) is 1.11. The van der Waals surface area contributed by atoms with Crippen LogP contribution in [0, 0.1) is 0 Å². The van der Waals surface area contributed by atoms with Gasteiger partial charge in [-0.25, -0.2) is 4.57 Å². The number of carbonyl (C=O) groups excluding carboxylic acids is 1. The van der Waals surface area contributed by atoms with Crippen molar-refractivity contribution < 1.29 is 14.5 Å². The van der Waals surface area contributed by atoms with Crippen LogP contribution in [0.15, 0.2) is 18.3 Å². The summed E-state index contributed by atoms with van der Waals surface area (Å²) in [7, 11) is 0. The van der Waals surface area contributed by atoms with Crippen molar-refractivity contribution in [1.29, 1.82) is 0 Å². The molecule has 0 aliphatic carbocycles. The third kappa shape index (κ3) is 2.91. The predicted octanol–water partition coefficient (Wildman–Crippen LogP) is -0.650. The van der Waals surface area contributed by atoms with Crippen LogP contribution >= 0.6 is 11.6 Å². The second kappa shape index (κ2) is 4.09. The van der Waals surface area contributed by atoms with Crippen molar-refractivity contribution in [3.05, 3.63) is 23.4 Å². The molecule has 0 fully saturated rings. The van der Waals surface area contributed by atoms with E-state index in [1.165, 1.54) is 0 Å². The molecule has 0 spiro atoms. The molecule has 0 amide bonds. The van der Waals surface area contributed by atoms with E-state index in [0.717, 1.165) is 0 Å². The molecule has 0 aliphatic heterocycles. The average molecular weight is 201 g/mol. The molecule has 0 aromatic carbocycles. The molecule has 0 saturated carbocycles. The summed E-state index contributed by atoms with van der Waals surface area (Å²) in [5.74, 6) is -0.627. The molecule has 0 saturated heterocycles. The van der Waals surface area contributed by atoms with E-state index in [-0.39, 0.29) is 13.0 Å². The predicted molar refractivity (Wildman–Crippen MR) is 45.7 cm³/mol. The fourth-order valence-electron chi connectivity index (χ4n) is 0.933. The number of anilines is 1. The van der Waals surface area contributed by atoms with Crippen LogP contribution in [-0.2, 0) is 11.3 Å². The quantitative estimate of drug-likeness (QED) is 0.660. The number of carboxylic acid groups (broad SMARTS) is 1. The Bertz CT molecular complexity index is 328. The second-order valence-electron chi connectivity index (χ2n) is 2.59. The van der Waals surface area contributed by atoms with Crippen molar-refractivity contribution in [1.82, 2.24) is 0 Å². The summed E-state index contributed by atoms with van der Waals surface area (Å²) in [6.07, 6.45) is 1.51. The third-order valence-electron chi connectivity index (χ3n) is 1.58. The minimum atomic E-state index is -1.10. The molecule has 2 N–H and O–H groups in total. The van der Waals surface area contributed by atoms with Gasteiger partial charge >= 0.3 is 0 Å². The molecule has 0 radical (unpaired) electrons. The Morgan fingerprint density at radius 3 is 2.92 bits per heavy atom. The Morgan fingerprint density at radius 2 is 2.31 bits per heavy atom. The van der Waals surface area contributed by atoms with Crippen LogP contribution in [0.2, 0.25) is 5.02 Å². The molecule has 70 valence electrons. The summed E-state index contributed by atoms with van der Waals surface area (Å²) < 4.78 is 1.57. The highest BCUT2D eigenvalue weighted by Crippen LogP contribution is 2.05. The topological polar surface area (TPSA) is 70.0 Å². The molecule has 0 unspecified atom stereocenters. The van der Waals surface area contributed by atoms with E-state index < -0.39 is 5.97 Å². The Labute approximate surface area is 80.6 Å². The number of hydrogen-bond acceptors (Lipinski definition) is 3. The first-order valence-electron chi connectivity index (χ1n) is 3.74. The lowest BCUT2D eigenvalue weighted by atomic mass is 10.4. The van der Waals surface area contributed by atoms with E-state index in [0.29, 0.717) is 10.8 Å². The smallest absolute Gasteiger partial charge is 0.272 e. The molecular weight excluding hydrogens is 192 g/mol. The molecule has 0 bridgehead atoms. The van der Waals surface area contributed by atoms with E-state index in [1.807, 2.05) is 0 Å². The molecule has 1 aromatic rings. The largest absolute Gasteiger partial charge is 0.550 e. The van der Waals surface area contributed by atoms with E-state index >= 15 is 0 Å². The Morgan fingerprint density at radius 1 is 1.62 bits per heavy atom. The van der Waals surface area contributed by atoms with Gasteiger partial charge in [-0.15, -0.1) is 0 Å². The lowest BCUT2D eigenvalue weighted by Gasteiger charge is -2.03. The van der Waals surface area contributed by atoms with E-state index in [2.05, 4.69) is 0 Å². The zero-order valence-electron chi connectivity index (χ0n) is 6.87. The summed E-state index contributed by atoms with van der Waals surface area (Å²) in [6, 6.07) is 3.27. The fraction of sp³-hybridized carbons (Fsp3) is 0.250. The van der Waals surface area contributed by atoms with Crippen LogP contribution in [-0.4, -0.2) is 5.97 Å². The first-order valence-corrected chi connectivity index (χ1v) is 4.11. The molecule has 1 heterocycles. The molecule has 4 nitrogen and oxygen atoms in total. The van der Waals surface area contributed by atoms with E-state index in [1.54, 1.807) is 22.9 Å². The Balaban J connectivity index is 2.75. The minimum Gasteiger partial charge on any atom is -0.550 e. The van der Waals surface area contributed by atoms with Crippen molar-refractivity contribution >= 4 is 23.4 Å². The highest BCUT2D eigenvalue weighted by atomic mass is 35.5. The summed E-state index contributed by atoms with van der Waals surface area (Å²) in [6.45, 7) is 0.273. The highest BCUT2D eigenvalue weighted by molar-refractivity contribution is 6.30. The number of rotatable bonds is 3. The number of aryl methyl sites for hydroxylation is 1. The number of hydrogen-bond donors (Lipinski definition) is 1. The number of carbonyl (C=O) groups is 1. The Hall–Kier alpha value is -1.29. The average Bonchev–Trinajstić information content (AvgIpc) is 2.06. The number of nitrogen functional groups attached to an aromatic ring is 1. The number of pyridine rings is 1. The molecule has 5 heteroatoms. The monoisotopic (exact) mass is 200 g/mol. The molecule has 1 aromatic heterocycles. The normalized spacial score (nSPS) is 9.92. The summed E-state index contributed by atoms with van der Waals surface area (Å²) >= 11 is 5.69. The van der Waals surface area contributed by atoms with Crippen molar-refractivity contribution in [2.45, 2.75) is 13.0 Å². The van der Waals surface area contributed by atoms with Crippen molar-refractivity contribution in [3.8, 4) is 0 Å². The number of nitrogens with two attached hydrogens (primary N) is 1. The van der Waals surface area contributed by atoms with Crippen LogP contribution in [0.5, 0.6) is 0 Å². The van der Waals surface area contributed by atoms with Gasteiger partial charge in [0.25, 0.3) is 5.82 Å². The van der Waals surface area contributed by atoms with Gasteiger partial charge in [0.15, 0.2) is 0 Å². The molecule has 13 heavy (non-hydrogen) atoms. The van der Waals surface area contributed by atoms with Gasteiger partial charge in [0.05, 0.1) is 11.6 Å². The standard InChI is InChI=1S/C8H9ClN2O2/c9-6-1-2-7(10)11(5-6)4-3-8(12)13/h1-2,5,10H,3-4H2,(H,12,13). The van der Waals surface area contributed by atoms with Crippen molar-refractivity contribution in [3.63, 3.8) is 0 Å². The zero-order valence-corrected chi connectivity index (χ0v) is 7.62. The van der Waals surface area contributed by atoms with Gasteiger partial charge in [0.2, 0.25) is 0 Å². The van der Waals surface area contributed by atoms with Crippen LogP contribution in [0.1, 0.15) is 6.42 Å². The molecule has 0 atom stereocenters. The summed E-state index contributed by atoms with van der Waals surface area (Å²) in [5.41, 5.74) is 5.57. The molecular formula is C8H9ClN2O2. The maximum atomic E-state index is 10.2. The van der Waals surface area contributed by atoms with Gasteiger partial charge in [-0.1, -0.05) is 11.6 Å². The lowest BCUT2D eigenvalue weighted by Crippen LogP contribution is -2.39. The first kappa shape index (κ1) is 9.80. The third-order valence-corrected chi connectivity index (χ3v) is 1.80. The number of carboxylic acids is 1. The maximum Gasteiger partial charge on any atom is 0.272 e. The number of halogens is 1. The van der Waals surface area contributed by atoms with Gasteiger partial charge in [0, 0.05) is 18.5 Å². The van der Waals surface area contributed by atoms with Crippen LogP contribution in [0.4, 0.5) is 5.82 Å². The van der Waals surface area contributed by atoms with Gasteiger partial charge in [-0.3, -0.25) is 5.73 Å². The first-order chi connectivity index (χ1) is 6.09. The van der Waals surface area contributed by atoms with Crippen LogP contribution < -0.4 is 15.4 Å². The summed E-state index contributed by atoms with van der Waals surface area (Å²) in [5, 5.41) is 10.7. The van der Waals surface area contributed by atoms with Gasteiger partial charge in [-0.05, 0) is 6.07 Å². The zero-order chi connectivity index (χ0) is 9.84. The highest BCUT2D eigenvalue weighted by Gasteiger charge is 2.04. The second-order valence-corrected chi connectivity index (χ2v) is 3.02. The number of aromatic nitrogens is 1. The molecule has 0 aliphatic rings. The minimum absolute atomic E-state index is 0.0742.